The fraction of sp³-hybridized carbons (Fsp3) is 0.308. The number of carbonyl (C=O) groups is 1. The van der Waals surface area contributed by atoms with Gasteiger partial charge in [-0.25, -0.2) is 0 Å². The van der Waals surface area contributed by atoms with Crippen LogP contribution in [-0.4, -0.2) is 45.3 Å². The Morgan fingerprint density at radius 2 is 1.91 bits per heavy atom. The molecule has 0 aliphatic carbocycles. The SMILES string of the molecule is O=C1CNCCN1Cc1cc([N+](=O)[O-])cc2[nH]c(=O)c(=O)[nH]c12. The van der Waals surface area contributed by atoms with E-state index in [1.807, 2.05) is 0 Å². The molecule has 0 atom stereocenters. The topological polar surface area (TPSA) is 141 Å². The minimum absolute atomic E-state index is 0.112. The molecule has 1 fully saturated rings. The van der Waals surface area contributed by atoms with E-state index in [4.69, 9.17) is 0 Å². The summed E-state index contributed by atoms with van der Waals surface area (Å²) in [6, 6.07) is 2.47. The third-order valence-corrected chi connectivity index (χ3v) is 3.66. The Kier molecular flexibility index (Phi) is 3.66. The maximum absolute atomic E-state index is 11.9. The first kappa shape index (κ1) is 14.9. The lowest BCUT2D eigenvalue weighted by atomic mass is 10.1. The molecular weight excluding hydrogens is 306 g/mol. The van der Waals surface area contributed by atoms with Crippen LogP contribution in [0.5, 0.6) is 0 Å². The highest BCUT2D eigenvalue weighted by Crippen LogP contribution is 2.23. The van der Waals surface area contributed by atoms with Crippen LogP contribution in [0, 0.1) is 10.1 Å². The third-order valence-electron chi connectivity index (χ3n) is 3.66. The van der Waals surface area contributed by atoms with Crippen molar-refractivity contribution < 1.29 is 9.72 Å². The standard InChI is InChI=1S/C13H13N5O5/c19-10-5-14-1-2-17(10)6-7-3-8(18(22)23)4-9-11(7)16-13(21)12(20)15-9/h3-4,14H,1-2,5-6H2,(H,15,20)(H,16,21). The predicted molar refractivity (Wildman–Crippen MR) is 80.1 cm³/mol. The lowest BCUT2D eigenvalue weighted by Gasteiger charge is -2.27. The van der Waals surface area contributed by atoms with Crippen LogP contribution in [-0.2, 0) is 11.3 Å². The number of hydrogen-bond donors (Lipinski definition) is 3. The number of non-ortho nitro benzene ring substituents is 1. The molecule has 1 aromatic carbocycles. The predicted octanol–water partition coefficient (Wildman–Crippen LogP) is -0.944. The van der Waals surface area contributed by atoms with Crippen molar-refractivity contribution in [2.24, 2.45) is 0 Å². The van der Waals surface area contributed by atoms with Crippen LogP contribution in [0.1, 0.15) is 5.56 Å². The Balaban J connectivity index is 2.14. The van der Waals surface area contributed by atoms with Crippen molar-refractivity contribution >= 4 is 22.6 Å². The quantitative estimate of drug-likeness (QED) is 0.378. The summed E-state index contributed by atoms with van der Waals surface area (Å²) in [6.07, 6.45) is 0. The summed E-state index contributed by atoms with van der Waals surface area (Å²) >= 11 is 0. The van der Waals surface area contributed by atoms with Crippen molar-refractivity contribution in [3.05, 3.63) is 48.5 Å². The van der Waals surface area contributed by atoms with Gasteiger partial charge in [-0.1, -0.05) is 0 Å². The van der Waals surface area contributed by atoms with Crippen molar-refractivity contribution in [3.8, 4) is 0 Å². The average Bonchev–Trinajstić information content (AvgIpc) is 2.51. The van der Waals surface area contributed by atoms with Gasteiger partial charge in [0.2, 0.25) is 5.91 Å². The van der Waals surface area contributed by atoms with Gasteiger partial charge in [0, 0.05) is 37.3 Å². The minimum atomic E-state index is -0.887. The molecule has 10 nitrogen and oxygen atoms in total. The van der Waals surface area contributed by atoms with Gasteiger partial charge in [-0.3, -0.25) is 24.5 Å². The highest BCUT2D eigenvalue weighted by molar-refractivity contribution is 5.82. The fourth-order valence-electron chi connectivity index (χ4n) is 2.53. The Labute approximate surface area is 128 Å². The van der Waals surface area contributed by atoms with E-state index in [2.05, 4.69) is 15.3 Å². The average molecular weight is 319 g/mol. The van der Waals surface area contributed by atoms with E-state index in [-0.39, 0.29) is 35.7 Å². The highest BCUT2D eigenvalue weighted by atomic mass is 16.6. The summed E-state index contributed by atoms with van der Waals surface area (Å²) in [7, 11) is 0. The Bertz CT molecular complexity index is 915. The van der Waals surface area contributed by atoms with Crippen molar-refractivity contribution in [2.45, 2.75) is 6.54 Å². The third kappa shape index (κ3) is 2.83. The van der Waals surface area contributed by atoms with E-state index in [1.165, 1.54) is 12.1 Å². The molecule has 0 spiro atoms. The number of hydrogen-bond acceptors (Lipinski definition) is 6. The normalized spacial score (nSPS) is 15.1. The van der Waals surface area contributed by atoms with E-state index in [0.29, 0.717) is 18.7 Å². The van der Waals surface area contributed by atoms with E-state index in [0.717, 1.165) is 0 Å². The number of aromatic nitrogens is 2. The molecule has 23 heavy (non-hydrogen) atoms. The van der Waals surface area contributed by atoms with Crippen LogP contribution in [0.25, 0.3) is 11.0 Å². The molecular formula is C13H13N5O5. The van der Waals surface area contributed by atoms with Gasteiger partial charge in [-0.15, -0.1) is 0 Å². The number of benzene rings is 1. The monoisotopic (exact) mass is 319 g/mol. The first-order valence-corrected chi connectivity index (χ1v) is 6.88. The summed E-state index contributed by atoms with van der Waals surface area (Å²) < 4.78 is 0. The molecule has 10 heteroatoms. The Morgan fingerprint density at radius 3 is 2.61 bits per heavy atom. The van der Waals surface area contributed by atoms with E-state index in [9.17, 15) is 24.5 Å². The summed E-state index contributed by atoms with van der Waals surface area (Å²) in [5.41, 5.74) is -1.12. The van der Waals surface area contributed by atoms with Crippen LogP contribution in [0.2, 0.25) is 0 Å². The number of nitrogens with one attached hydrogen (secondary N) is 3. The van der Waals surface area contributed by atoms with Gasteiger partial charge in [0.05, 0.1) is 22.5 Å². The van der Waals surface area contributed by atoms with Crippen molar-refractivity contribution in [2.75, 3.05) is 19.6 Å². The number of rotatable bonds is 3. The largest absolute Gasteiger partial charge is 0.336 e. The second-order valence-corrected chi connectivity index (χ2v) is 5.18. The summed E-state index contributed by atoms with van der Waals surface area (Å²) in [6.45, 7) is 1.38. The molecule has 120 valence electrons. The van der Waals surface area contributed by atoms with Gasteiger partial charge in [0.15, 0.2) is 0 Å². The molecule has 1 amide bonds. The smallest absolute Gasteiger partial charge is 0.314 e. The second-order valence-electron chi connectivity index (χ2n) is 5.18. The molecule has 1 aromatic heterocycles. The van der Waals surface area contributed by atoms with Crippen molar-refractivity contribution in [3.63, 3.8) is 0 Å². The van der Waals surface area contributed by atoms with E-state index >= 15 is 0 Å². The molecule has 1 aliphatic rings. The first-order chi connectivity index (χ1) is 11.0. The van der Waals surface area contributed by atoms with Gasteiger partial charge in [-0.2, -0.15) is 0 Å². The van der Waals surface area contributed by atoms with Crippen LogP contribution in [0.3, 0.4) is 0 Å². The summed E-state index contributed by atoms with van der Waals surface area (Å²) in [5.74, 6) is -0.136. The number of nitro benzene ring substituents is 1. The van der Waals surface area contributed by atoms with Crippen LogP contribution < -0.4 is 16.4 Å². The van der Waals surface area contributed by atoms with Crippen LogP contribution >= 0.6 is 0 Å². The molecule has 2 heterocycles. The fourth-order valence-corrected chi connectivity index (χ4v) is 2.53. The zero-order chi connectivity index (χ0) is 16.6. The number of nitrogens with zero attached hydrogens (tertiary/aromatic N) is 2. The molecule has 0 saturated carbocycles. The molecule has 2 aromatic rings. The molecule has 0 bridgehead atoms. The summed E-state index contributed by atoms with van der Waals surface area (Å²) in [4.78, 5) is 51.6. The number of amides is 1. The van der Waals surface area contributed by atoms with Gasteiger partial charge < -0.3 is 20.2 Å². The van der Waals surface area contributed by atoms with E-state index < -0.39 is 16.0 Å². The lowest BCUT2D eigenvalue weighted by Crippen LogP contribution is -2.47. The number of carbonyl (C=O) groups excluding carboxylic acids is 1. The number of fused-ring (bicyclic) bond motifs is 1. The van der Waals surface area contributed by atoms with Crippen LogP contribution in [0.15, 0.2) is 21.7 Å². The lowest BCUT2D eigenvalue weighted by molar-refractivity contribution is -0.384. The molecule has 3 rings (SSSR count). The van der Waals surface area contributed by atoms with Crippen LogP contribution in [0.4, 0.5) is 5.69 Å². The molecule has 3 N–H and O–H groups in total. The van der Waals surface area contributed by atoms with E-state index in [1.54, 1.807) is 4.90 Å². The van der Waals surface area contributed by atoms with Gasteiger partial charge in [0.25, 0.3) is 5.69 Å². The molecule has 1 saturated heterocycles. The molecule has 0 unspecified atom stereocenters. The second kappa shape index (κ2) is 5.65. The zero-order valence-corrected chi connectivity index (χ0v) is 11.9. The molecule has 1 aliphatic heterocycles. The van der Waals surface area contributed by atoms with Crippen molar-refractivity contribution in [1.29, 1.82) is 0 Å². The Hall–Kier alpha value is -3.01. The maximum atomic E-state index is 11.9. The molecule has 0 radical (unpaired) electrons. The number of aromatic amines is 2. The number of nitro groups is 1. The van der Waals surface area contributed by atoms with Crippen molar-refractivity contribution in [1.82, 2.24) is 20.2 Å². The first-order valence-electron chi connectivity index (χ1n) is 6.88. The maximum Gasteiger partial charge on any atom is 0.314 e. The summed E-state index contributed by atoms with van der Waals surface area (Å²) in [5, 5.41) is 14.0. The number of H-pyrrole nitrogens is 2. The minimum Gasteiger partial charge on any atom is -0.336 e. The zero-order valence-electron chi connectivity index (χ0n) is 11.9. The van der Waals surface area contributed by atoms with Gasteiger partial charge in [0.1, 0.15) is 0 Å². The highest BCUT2D eigenvalue weighted by Gasteiger charge is 2.21. The van der Waals surface area contributed by atoms with Gasteiger partial charge >= 0.3 is 11.1 Å². The van der Waals surface area contributed by atoms with Gasteiger partial charge in [-0.05, 0) is 0 Å². The Morgan fingerprint density at radius 1 is 1.17 bits per heavy atom. The number of piperazine rings is 1.